The molecule has 0 atom stereocenters. The summed E-state index contributed by atoms with van der Waals surface area (Å²) in [5.41, 5.74) is 7.16. The summed E-state index contributed by atoms with van der Waals surface area (Å²) in [6, 6.07) is 8.49. The minimum atomic E-state index is 0. The molecule has 1 aliphatic rings. The van der Waals surface area contributed by atoms with E-state index in [1.54, 1.807) is 0 Å². The van der Waals surface area contributed by atoms with Crippen LogP contribution in [-0.4, -0.2) is 24.0 Å². The summed E-state index contributed by atoms with van der Waals surface area (Å²) in [6.07, 6.45) is 2.22. The molecule has 17 heavy (non-hydrogen) atoms. The van der Waals surface area contributed by atoms with Gasteiger partial charge in [-0.25, -0.2) is 0 Å². The average molecular weight is 298 g/mol. The first-order chi connectivity index (χ1) is 7.24. The highest BCUT2D eigenvalue weighted by Gasteiger charge is 2.15. The fraction of sp³-hybridized carbons (Fsp3) is 0.500. The molecule has 5 heteroatoms. The summed E-state index contributed by atoms with van der Waals surface area (Å²) in [7, 11) is 0. The lowest BCUT2D eigenvalue weighted by Gasteiger charge is -2.30. The Morgan fingerprint density at radius 2 is 1.88 bits per heavy atom. The standard InChI is InChI=1S/C12H17ClN2.2ClH/c13-11-3-1-2-10(8-11)9-15-6-4-12(14)5-7-15;;/h1-3,8,12H,4-7,9,14H2;2*1H. The zero-order valence-electron chi connectivity index (χ0n) is 9.64. The number of nitrogens with two attached hydrogens (primary N) is 1. The van der Waals surface area contributed by atoms with Crippen LogP contribution < -0.4 is 5.73 Å². The lowest BCUT2D eigenvalue weighted by molar-refractivity contribution is 0.205. The van der Waals surface area contributed by atoms with E-state index in [4.69, 9.17) is 17.3 Å². The van der Waals surface area contributed by atoms with Gasteiger partial charge in [-0.15, -0.1) is 24.8 Å². The summed E-state index contributed by atoms with van der Waals surface area (Å²) in [4.78, 5) is 2.44. The Hall–Kier alpha value is 0.01000. The molecule has 98 valence electrons. The van der Waals surface area contributed by atoms with E-state index in [1.807, 2.05) is 18.2 Å². The van der Waals surface area contributed by atoms with Crippen molar-refractivity contribution in [3.63, 3.8) is 0 Å². The summed E-state index contributed by atoms with van der Waals surface area (Å²) in [6.45, 7) is 3.20. The number of nitrogens with zero attached hydrogens (tertiary/aromatic N) is 1. The van der Waals surface area contributed by atoms with E-state index >= 15 is 0 Å². The maximum atomic E-state index is 5.95. The molecule has 1 aromatic carbocycles. The van der Waals surface area contributed by atoms with Crippen molar-refractivity contribution < 1.29 is 0 Å². The lowest BCUT2D eigenvalue weighted by Crippen LogP contribution is -2.39. The van der Waals surface area contributed by atoms with E-state index in [0.29, 0.717) is 6.04 Å². The third kappa shape index (κ3) is 5.45. The number of rotatable bonds is 2. The van der Waals surface area contributed by atoms with Crippen LogP contribution in [0.1, 0.15) is 18.4 Å². The second kappa shape index (κ2) is 8.17. The zero-order valence-corrected chi connectivity index (χ0v) is 12.0. The Kier molecular flexibility index (Phi) is 8.18. The van der Waals surface area contributed by atoms with Crippen molar-refractivity contribution in [2.45, 2.75) is 25.4 Å². The highest BCUT2D eigenvalue weighted by molar-refractivity contribution is 6.30. The molecule has 0 amide bonds. The topological polar surface area (TPSA) is 29.3 Å². The molecule has 1 heterocycles. The summed E-state index contributed by atoms with van der Waals surface area (Å²) in [5.74, 6) is 0. The minimum absolute atomic E-state index is 0. The molecule has 2 nitrogen and oxygen atoms in total. The van der Waals surface area contributed by atoms with E-state index in [0.717, 1.165) is 37.5 Å². The molecule has 1 fully saturated rings. The molecule has 1 aliphatic heterocycles. The molecule has 2 N–H and O–H groups in total. The quantitative estimate of drug-likeness (QED) is 0.909. The normalized spacial score (nSPS) is 17.1. The maximum absolute atomic E-state index is 5.95. The van der Waals surface area contributed by atoms with Crippen LogP contribution in [0.15, 0.2) is 24.3 Å². The molecule has 1 aromatic rings. The number of piperidine rings is 1. The van der Waals surface area contributed by atoms with Gasteiger partial charge in [-0.3, -0.25) is 4.90 Å². The van der Waals surface area contributed by atoms with Gasteiger partial charge in [-0.2, -0.15) is 0 Å². The first kappa shape index (κ1) is 17.0. The molecule has 0 aliphatic carbocycles. The van der Waals surface area contributed by atoms with Crippen LogP contribution in [0.3, 0.4) is 0 Å². The third-order valence-corrected chi connectivity index (χ3v) is 3.16. The average Bonchev–Trinajstić information content (AvgIpc) is 2.22. The fourth-order valence-electron chi connectivity index (χ4n) is 2.00. The van der Waals surface area contributed by atoms with Gasteiger partial charge in [0, 0.05) is 17.6 Å². The maximum Gasteiger partial charge on any atom is 0.0409 e. The molecule has 0 unspecified atom stereocenters. The number of hydrogen-bond acceptors (Lipinski definition) is 2. The van der Waals surface area contributed by atoms with Crippen molar-refractivity contribution in [3.8, 4) is 0 Å². The Morgan fingerprint density at radius 3 is 2.47 bits per heavy atom. The van der Waals surface area contributed by atoms with Crippen LogP contribution in [0.2, 0.25) is 5.02 Å². The van der Waals surface area contributed by atoms with Crippen LogP contribution in [0.5, 0.6) is 0 Å². The second-order valence-corrected chi connectivity index (χ2v) is 4.68. The summed E-state index contributed by atoms with van der Waals surface area (Å²) in [5, 5.41) is 0.821. The molecular formula is C12H19Cl3N2. The van der Waals surface area contributed by atoms with Crippen molar-refractivity contribution in [3.05, 3.63) is 34.9 Å². The van der Waals surface area contributed by atoms with Gasteiger partial charge in [0.2, 0.25) is 0 Å². The predicted molar refractivity (Wildman–Crippen MR) is 78.4 cm³/mol. The van der Waals surface area contributed by atoms with Crippen molar-refractivity contribution in [1.29, 1.82) is 0 Å². The number of benzene rings is 1. The molecule has 0 radical (unpaired) electrons. The first-order valence-corrected chi connectivity index (χ1v) is 5.84. The third-order valence-electron chi connectivity index (χ3n) is 2.93. The molecule has 0 bridgehead atoms. The van der Waals surface area contributed by atoms with Gasteiger partial charge in [0.1, 0.15) is 0 Å². The second-order valence-electron chi connectivity index (χ2n) is 4.24. The summed E-state index contributed by atoms with van der Waals surface area (Å²) < 4.78 is 0. The fourth-order valence-corrected chi connectivity index (χ4v) is 2.22. The largest absolute Gasteiger partial charge is 0.328 e. The number of halogens is 3. The van der Waals surface area contributed by atoms with E-state index in [1.165, 1.54) is 5.56 Å². The minimum Gasteiger partial charge on any atom is -0.328 e. The van der Waals surface area contributed by atoms with E-state index in [-0.39, 0.29) is 24.8 Å². The van der Waals surface area contributed by atoms with Gasteiger partial charge in [0.05, 0.1) is 0 Å². The van der Waals surface area contributed by atoms with Crippen molar-refractivity contribution >= 4 is 36.4 Å². The van der Waals surface area contributed by atoms with Gasteiger partial charge >= 0.3 is 0 Å². The van der Waals surface area contributed by atoms with E-state index in [9.17, 15) is 0 Å². The van der Waals surface area contributed by atoms with Gasteiger partial charge in [-0.1, -0.05) is 23.7 Å². The molecular weight excluding hydrogens is 279 g/mol. The molecule has 2 rings (SSSR count). The smallest absolute Gasteiger partial charge is 0.0409 e. The van der Waals surface area contributed by atoms with Crippen molar-refractivity contribution in [2.75, 3.05) is 13.1 Å². The van der Waals surface area contributed by atoms with Crippen LogP contribution in [0.4, 0.5) is 0 Å². The monoisotopic (exact) mass is 296 g/mol. The molecule has 0 saturated carbocycles. The Balaban J connectivity index is 0.00000128. The van der Waals surface area contributed by atoms with E-state index in [2.05, 4.69) is 11.0 Å². The predicted octanol–water partition coefficient (Wildman–Crippen LogP) is 3.11. The lowest BCUT2D eigenvalue weighted by atomic mass is 10.1. The Labute approximate surface area is 120 Å². The Morgan fingerprint density at radius 1 is 1.24 bits per heavy atom. The van der Waals surface area contributed by atoms with E-state index < -0.39 is 0 Å². The Bertz CT molecular complexity index is 325. The molecule has 1 saturated heterocycles. The zero-order chi connectivity index (χ0) is 10.7. The van der Waals surface area contributed by atoms with Crippen molar-refractivity contribution in [1.82, 2.24) is 4.90 Å². The number of hydrogen-bond donors (Lipinski definition) is 1. The SMILES string of the molecule is Cl.Cl.NC1CCN(Cc2cccc(Cl)c2)CC1. The highest BCUT2D eigenvalue weighted by atomic mass is 35.5. The first-order valence-electron chi connectivity index (χ1n) is 5.46. The van der Waals surface area contributed by atoms with Crippen LogP contribution in [-0.2, 0) is 6.54 Å². The van der Waals surface area contributed by atoms with Gasteiger partial charge in [0.25, 0.3) is 0 Å². The van der Waals surface area contributed by atoms with Crippen LogP contribution >= 0.6 is 36.4 Å². The number of likely N-dealkylation sites (tertiary alicyclic amines) is 1. The van der Waals surface area contributed by atoms with Gasteiger partial charge in [-0.05, 0) is 43.6 Å². The highest BCUT2D eigenvalue weighted by Crippen LogP contribution is 2.15. The molecule has 0 aromatic heterocycles. The van der Waals surface area contributed by atoms with Crippen LogP contribution in [0.25, 0.3) is 0 Å². The van der Waals surface area contributed by atoms with Gasteiger partial charge < -0.3 is 5.73 Å². The van der Waals surface area contributed by atoms with Crippen molar-refractivity contribution in [2.24, 2.45) is 5.73 Å². The summed E-state index contributed by atoms with van der Waals surface area (Å²) >= 11 is 5.95. The molecule has 0 spiro atoms. The van der Waals surface area contributed by atoms with Gasteiger partial charge in [0.15, 0.2) is 0 Å². The van der Waals surface area contributed by atoms with Crippen LogP contribution in [0, 0.1) is 0 Å².